The third-order valence-corrected chi connectivity index (χ3v) is 16.6. The minimum atomic E-state index is -3.00. The van der Waals surface area contributed by atoms with Gasteiger partial charge in [-0.1, -0.05) is 439 Å². The summed E-state index contributed by atoms with van der Waals surface area (Å²) in [4.78, 5) is 1.48. The van der Waals surface area contributed by atoms with Gasteiger partial charge in [-0.2, -0.15) is 0 Å². The van der Waals surface area contributed by atoms with Gasteiger partial charge in [-0.3, -0.25) is 0 Å². The molecule has 0 bridgehead atoms. The molecule has 0 unspecified atom stereocenters. The van der Waals surface area contributed by atoms with Gasteiger partial charge in [0.25, 0.3) is 0 Å². The van der Waals surface area contributed by atoms with E-state index in [1.807, 2.05) is 298 Å². The number of sulfone groups is 4. The molecule has 0 aliphatic carbocycles. The summed E-state index contributed by atoms with van der Waals surface area (Å²) in [6, 6.07) is 104. The maximum absolute atomic E-state index is 10.8. The van der Waals surface area contributed by atoms with Crippen LogP contribution in [0.2, 0.25) is 0 Å². The van der Waals surface area contributed by atoms with Crippen LogP contribution in [0, 0.1) is 20.8 Å². The Hall–Kier alpha value is -9.50. The SMILES string of the molecule is CC.CC.CC.CC.CC.CC.CC.CC.CC.CC.CC.CC(C)(C)c1ccccc1.COC.COC.COC.COc1ccccc1.COc1ccccc1.COc1ccccc1.CS(=O)(=O)c1ccccc1.CS(=O)(=O)c1ccccc1.CS(=O)(=O)c1ccccc1.CS(=O)(=O)c1ccccc1.Cc1ccccc1.Cc1ccccc1.Cc1ccccc1. The fraction of sp³-hybridized carbons (Fsp3) is 0.389. The Morgan fingerprint density at radius 1 is 0.183 bits per heavy atom. The Kier molecular flexibility index (Phi) is 136. The van der Waals surface area contributed by atoms with Crippen molar-refractivity contribution in [3.8, 4) is 17.2 Å². The molecule has 0 spiro atoms. The van der Waals surface area contributed by atoms with Crippen molar-refractivity contribution in [1.29, 1.82) is 0 Å². The smallest absolute Gasteiger partial charge is 0.175 e. The van der Waals surface area contributed by atoms with Gasteiger partial charge in [-0.25, -0.2) is 33.7 Å². The largest absolute Gasteiger partial charge is 0.497 e. The van der Waals surface area contributed by atoms with E-state index in [2.05, 4.69) is 122 Å². The molecule has 11 rings (SSSR count). The molecule has 14 nitrogen and oxygen atoms in total. The normalized spacial score (nSPS) is 8.55. The van der Waals surface area contributed by atoms with Crippen molar-refractivity contribution in [2.24, 2.45) is 0 Å². The topological polar surface area (TPSA) is 192 Å². The number of benzene rings is 11. The molecule has 0 heterocycles. The van der Waals surface area contributed by atoms with E-state index in [-0.39, 0.29) is 0 Å². The van der Waals surface area contributed by atoms with Crippen molar-refractivity contribution in [3.63, 3.8) is 0 Å². The Morgan fingerprint density at radius 2 is 0.286 bits per heavy atom. The molecule has 0 aliphatic rings. The predicted octanol–water partition coefficient (Wildman–Crippen LogP) is 30.5. The number of para-hydroxylation sites is 3. The monoisotopic (exact) mass is 1830 g/mol. The number of hydrogen-bond acceptors (Lipinski definition) is 14. The summed E-state index contributed by atoms with van der Waals surface area (Å²) in [6.07, 6.45) is 4.79. The number of hydrogen-bond donors (Lipinski definition) is 0. The van der Waals surface area contributed by atoms with Crippen molar-refractivity contribution >= 4 is 39.3 Å². The van der Waals surface area contributed by atoms with Gasteiger partial charge in [0.15, 0.2) is 39.3 Å². The number of rotatable bonds is 7. The summed E-state index contributed by atoms with van der Waals surface area (Å²) in [5.74, 6) is 2.73. The van der Waals surface area contributed by atoms with Gasteiger partial charge in [0.2, 0.25) is 0 Å². The third kappa shape index (κ3) is 113. The Balaban J connectivity index is -0.0000000885. The van der Waals surface area contributed by atoms with E-state index in [0.29, 0.717) is 25.0 Å². The molecular formula is C108H178O14S4. The minimum Gasteiger partial charge on any atom is -0.497 e. The van der Waals surface area contributed by atoms with Crippen LogP contribution in [0.3, 0.4) is 0 Å². The first-order chi connectivity index (χ1) is 60.2. The van der Waals surface area contributed by atoms with Crippen molar-refractivity contribution in [1.82, 2.24) is 0 Å². The van der Waals surface area contributed by atoms with E-state index in [1.165, 1.54) is 47.3 Å². The van der Waals surface area contributed by atoms with E-state index in [9.17, 15) is 33.7 Å². The average Bonchev–Trinajstić information content (AvgIpc) is 0.901. The molecule has 0 fully saturated rings. The summed E-state index contributed by atoms with van der Waals surface area (Å²) in [5.41, 5.74) is 5.66. The summed E-state index contributed by atoms with van der Waals surface area (Å²) >= 11 is 0. The zero-order valence-corrected chi connectivity index (χ0v) is 89.4. The van der Waals surface area contributed by atoms with Gasteiger partial charge >= 0.3 is 0 Å². The molecule has 0 N–H and O–H groups in total. The molecule has 0 aliphatic heterocycles. The maximum Gasteiger partial charge on any atom is 0.175 e. The number of aryl methyl sites for hydroxylation is 3. The van der Waals surface area contributed by atoms with Crippen molar-refractivity contribution in [2.45, 2.75) is 219 Å². The highest BCUT2D eigenvalue weighted by atomic mass is 32.2. The number of ether oxygens (including phenoxy) is 6. The molecule has 18 heteroatoms. The summed E-state index contributed by atoms with van der Waals surface area (Å²) in [6.45, 7) is 56.9. The summed E-state index contributed by atoms with van der Waals surface area (Å²) in [7, 11) is 2.72. The van der Waals surface area contributed by atoms with E-state index in [0.717, 1.165) is 17.2 Å². The molecule has 0 amide bonds. The molecule has 0 aromatic heterocycles. The van der Waals surface area contributed by atoms with Gasteiger partial charge < -0.3 is 28.4 Å². The fourth-order valence-corrected chi connectivity index (χ4v) is 9.49. The van der Waals surface area contributed by atoms with E-state index < -0.39 is 39.3 Å². The Bertz CT molecular complexity index is 3720. The highest BCUT2D eigenvalue weighted by molar-refractivity contribution is 7.91. The van der Waals surface area contributed by atoms with Crippen molar-refractivity contribution in [3.05, 3.63) is 356 Å². The van der Waals surface area contributed by atoms with E-state index >= 15 is 0 Å². The lowest BCUT2D eigenvalue weighted by atomic mass is 9.87. The van der Waals surface area contributed by atoms with Crippen LogP contribution in [-0.2, 0) is 59.0 Å². The highest BCUT2D eigenvalue weighted by Gasteiger charge is 2.11. The van der Waals surface area contributed by atoms with Crippen LogP contribution in [0.1, 0.15) is 195 Å². The van der Waals surface area contributed by atoms with Crippen LogP contribution < -0.4 is 14.2 Å². The minimum absolute atomic E-state index is 0.293. The molecule has 11 aromatic carbocycles. The molecule has 11 aromatic rings. The lowest BCUT2D eigenvalue weighted by Gasteiger charge is -2.18. The van der Waals surface area contributed by atoms with Crippen LogP contribution in [0.15, 0.2) is 353 Å². The average molecular weight is 1830 g/mol. The zero-order valence-electron chi connectivity index (χ0n) is 86.1. The third-order valence-electron chi connectivity index (χ3n) is 12.1. The summed E-state index contributed by atoms with van der Waals surface area (Å²) < 4.78 is 114. The van der Waals surface area contributed by atoms with Crippen molar-refractivity contribution in [2.75, 3.05) is 89.0 Å². The van der Waals surface area contributed by atoms with Crippen molar-refractivity contribution < 1.29 is 62.1 Å². The van der Waals surface area contributed by atoms with Crippen LogP contribution in [0.5, 0.6) is 17.2 Å². The lowest BCUT2D eigenvalue weighted by molar-refractivity contribution is 0.277. The van der Waals surface area contributed by atoms with Gasteiger partial charge in [0, 0.05) is 67.7 Å². The van der Waals surface area contributed by atoms with Gasteiger partial charge in [0.1, 0.15) is 17.2 Å². The standard InChI is InChI=1S/C10H14.4C7H8O2S.3C7H8O.3C7H8.3C2H6O.11C2H6/c1-10(2,3)9-7-5-4-6-8-9;4*1-10(8,9)7-5-3-2-4-6-7;3*1-8-7-5-3-2-4-6-7;3*1-7-5-3-2-4-6-7;3*1-3-2;11*1-2/h4-8H,1-3H3;4*2-6H,1H3;3*2-6H,1H3;3*2-6H,1H3;3*1-2H3;11*1-2H3. The van der Waals surface area contributed by atoms with Crippen LogP contribution in [-0.4, -0.2) is 123 Å². The van der Waals surface area contributed by atoms with E-state index in [4.69, 9.17) is 14.2 Å². The van der Waals surface area contributed by atoms with Gasteiger partial charge in [-0.05, 0) is 117 Å². The lowest BCUT2D eigenvalue weighted by Crippen LogP contribution is -2.10. The number of methoxy groups -OCH3 is 6. The Labute approximate surface area is 777 Å². The van der Waals surface area contributed by atoms with Gasteiger partial charge in [-0.15, -0.1) is 0 Å². The second-order valence-electron chi connectivity index (χ2n) is 22.7. The first-order valence-corrected chi connectivity index (χ1v) is 50.9. The Morgan fingerprint density at radius 3 is 0.349 bits per heavy atom. The van der Waals surface area contributed by atoms with Crippen LogP contribution in [0.25, 0.3) is 0 Å². The van der Waals surface area contributed by atoms with Crippen LogP contribution >= 0.6 is 0 Å². The molecule has 0 radical (unpaired) electrons. The molecule has 0 saturated carbocycles. The first kappa shape index (κ1) is 148. The zero-order chi connectivity index (χ0) is 101. The highest BCUT2D eigenvalue weighted by Crippen LogP contribution is 2.21. The molecular weight excluding hydrogens is 1650 g/mol. The fourth-order valence-electron chi connectivity index (χ4n) is 6.88. The predicted molar refractivity (Wildman–Crippen MR) is 559 cm³/mol. The molecule has 126 heavy (non-hydrogen) atoms. The second-order valence-corrected chi connectivity index (χ2v) is 30.8. The maximum atomic E-state index is 10.8. The van der Waals surface area contributed by atoms with Crippen LogP contribution in [0.4, 0.5) is 0 Å². The molecule has 0 saturated heterocycles. The molecule has 718 valence electrons. The second kappa shape index (κ2) is 116. The summed E-state index contributed by atoms with van der Waals surface area (Å²) in [5, 5.41) is 0. The first-order valence-electron chi connectivity index (χ1n) is 43.3. The van der Waals surface area contributed by atoms with E-state index in [1.54, 1.807) is 185 Å². The molecule has 0 atom stereocenters. The van der Waals surface area contributed by atoms with Gasteiger partial charge in [0.05, 0.1) is 40.9 Å². The quantitative estimate of drug-likeness (QED) is 0.146.